The summed E-state index contributed by atoms with van der Waals surface area (Å²) in [6, 6.07) is 18.1. The van der Waals surface area contributed by atoms with Crippen LogP contribution in [0.4, 0.5) is 5.69 Å². The van der Waals surface area contributed by atoms with Crippen molar-refractivity contribution in [2.45, 2.75) is 19.9 Å². The largest absolute Gasteiger partial charge is 0.321 e. The molecule has 1 N–H and O–H groups in total. The van der Waals surface area contributed by atoms with E-state index in [9.17, 15) is 4.79 Å². The molecule has 26 heavy (non-hydrogen) atoms. The van der Waals surface area contributed by atoms with E-state index in [4.69, 9.17) is 0 Å². The van der Waals surface area contributed by atoms with Crippen LogP contribution in [0.3, 0.4) is 0 Å². The molecule has 0 atom stereocenters. The average molecular weight is 366 g/mol. The maximum absolute atomic E-state index is 12.7. The molecule has 2 aromatic carbocycles. The molecular formula is C21H23N3OS. The van der Waals surface area contributed by atoms with Gasteiger partial charge in [-0.2, -0.15) is 0 Å². The van der Waals surface area contributed by atoms with Gasteiger partial charge in [0.2, 0.25) is 0 Å². The highest BCUT2D eigenvalue weighted by atomic mass is 32.1. The van der Waals surface area contributed by atoms with Crippen molar-refractivity contribution >= 4 is 22.9 Å². The Bertz CT molecular complexity index is 887. The zero-order chi connectivity index (χ0) is 18.5. The summed E-state index contributed by atoms with van der Waals surface area (Å²) in [7, 11) is 4.06. The Hall–Kier alpha value is -2.50. The second-order valence-corrected chi connectivity index (χ2v) is 7.66. The molecule has 0 unspecified atom stereocenters. The summed E-state index contributed by atoms with van der Waals surface area (Å²) in [5, 5.41) is 3.96. The SMILES string of the molecule is Cc1nc(Cc2ccccc2)sc1C(=O)Nc1cccc(CN(C)C)c1. The molecule has 0 spiro atoms. The van der Waals surface area contributed by atoms with Gasteiger partial charge in [0.25, 0.3) is 5.91 Å². The molecule has 1 amide bonds. The molecule has 4 nitrogen and oxygen atoms in total. The van der Waals surface area contributed by atoms with E-state index >= 15 is 0 Å². The normalized spacial score (nSPS) is 10.9. The predicted octanol–water partition coefficient (Wildman–Crippen LogP) is 4.36. The van der Waals surface area contributed by atoms with Gasteiger partial charge in [0, 0.05) is 18.7 Å². The lowest BCUT2D eigenvalue weighted by Crippen LogP contribution is -2.13. The standard InChI is InChI=1S/C21H23N3OS/c1-15-20(26-19(22-15)13-16-8-5-4-6-9-16)21(25)23-18-11-7-10-17(12-18)14-24(2)3/h4-12H,13-14H2,1-3H3,(H,23,25). The first-order valence-corrected chi connectivity index (χ1v) is 9.38. The summed E-state index contributed by atoms with van der Waals surface area (Å²) in [6.45, 7) is 2.73. The molecule has 0 saturated carbocycles. The number of thiazole rings is 1. The molecule has 5 heteroatoms. The fraction of sp³-hybridized carbons (Fsp3) is 0.238. The average Bonchev–Trinajstić information content (AvgIpc) is 2.96. The summed E-state index contributed by atoms with van der Waals surface area (Å²) < 4.78 is 0. The minimum atomic E-state index is -0.0960. The third-order valence-corrected chi connectivity index (χ3v) is 5.09. The number of hydrogen-bond donors (Lipinski definition) is 1. The Balaban J connectivity index is 1.72. The van der Waals surface area contributed by atoms with E-state index < -0.39 is 0 Å². The van der Waals surface area contributed by atoms with E-state index in [0.717, 1.165) is 29.4 Å². The molecule has 0 fully saturated rings. The first kappa shape index (κ1) is 18.3. The van der Waals surface area contributed by atoms with E-state index in [1.165, 1.54) is 22.5 Å². The zero-order valence-corrected chi connectivity index (χ0v) is 16.1. The number of carbonyl (C=O) groups is 1. The highest BCUT2D eigenvalue weighted by molar-refractivity contribution is 7.14. The molecular weight excluding hydrogens is 342 g/mol. The Kier molecular flexibility index (Phi) is 5.81. The van der Waals surface area contributed by atoms with Gasteiger partial charge < -0.3 is 10.2 Å². The molecule has 134 valence electrons. The lowest BCUT2D eigenvalue weighted by Gasteiger charge is -2.11. The van der Waals surface area contributed by atoms with Crippen LogP contribution in [0.2, 0.25) is 0 Å². The molecule has 0 aliphatic rings. The van der Waals surface area contributed by atoms with Crippen LogP contribution in [-0.4, -0.2) is 29.9 Å². The number of aryl methyl sites for hydroxylation is 1. The van der Waals surface area contributed by atoms with Crippen molar-refractivity contribution < 1.29 is 4.79 Å². The third-order valence-electron chi connectivity index (χ3n) is 3.93. The second-order valence-electron chi connectivity index (χ2n) is 6.58. The molecule has 0 saturated heterocycles. The zero-order valence-electron chi connectivity index (χ0n) is 15.3. The molecule has 0 aliphatic heterocycles. The molecule has 3 aromatic rings. The summed E-state index contributed by atoms with van der Waals surface area (Å²) in [5.74, 6) is -0.0960. The van der Waals surface area contributed by atoms with Crippen molar-refractivity contribution in [1.82, 2.24) is 9.88 Å². The van der Waals surface area contributed by atoms with Crippen molar-refractivity contribution in [2.24, 2.45) is 0 Å². The maximum atomic E-state index is 12.7. The molecule has 3 rings (SSSR count). The van der Waals surface area contributed by atoms with Gasteiger partial charge in [-0.3, -0.25) is 4.79 Å². The van der Waals surface area contributed by atoms with Gasteiger partial charge in [-0.05, 0) is 44.3 Å². The van der Waals surface area contributed by atoms with Crippen LogP contribution >= 0.6 is 11.3 Å². The number of carbonyl (C=O) groups excluding carboxylic acids is 1. The highest BCUT2D eigenvalue weighted by Gasteiger charge is 2.16. The lowest BCUT2D eigenvalue weighted by molar-refractivity contribution is 0.103. The molecule has 0 bridgehead atoms. The summed E-state index contributed by atoms with van der Waals surface area (Å²) in [5.41, 5.74) is 3.96. The van der Waals surface area contributed by atoms with Crippen LogP contribution in [0.1, 0.15) is 31.5 Å². The van der Waals surface area contributed by atoms with Crippen molar-refractivity contribution in [2.75, 3.05) is 19.4 Å². The minimum Gasteiger partial charge on any atom is -0.321 e. The number of aromatic nitrogens is 1. The maximum Gasteiger partial charge on any atom is 0.267 e. The van der Waals surface area contributed by atoms with E-state index in [0.29, 0.717) is 4.88 Å². The number of rotatable bonds is 6. The summed E-state index contributed by atoms with van der Waals surface area (Å²) in [4.78, 5) is 20.0. The van der Waals surface area contributed by atoms with Crippen LogP contribution < -0.4 is 5.32 Å². The minimum absolute atomic E-state index is 0.0960. The number of nitrogens with zero attached hydrogens (tertiary/aromatic N) is 2. The van der Waals surface area contributed by atoms with Crippen molar-refractivity contribution in [1.29, 1.82) is 0 Å². The number of amides is 1. The molecule has 1 aromatic heterocycles. The van der Waals surface area contributed by atoms with Crippen molar-refractivity contribution in [3.63, 3.8) is 0 Å². The fourth-order valence-electron chi connectivity index (χ4n) is 2.81. The van der Waals surface area contributed by atoms with Gasteiger partial charge in [-0.25, -0.2) is 4.98 Å². The fourth-order valence-corrected chi connectivity index (χ4v) is 3.80. The van der Waals surface area contributed by atoms with Crippen molar-refractivity contribution in [3.05, 3.63) is 81.3 Å². The Labute approximate surface area is 158 Å². The molecule has 0 radical (unpaired) electrons. The van der Waals surface area contributed by atoms with Gasteiger partial charge in [0.05, 0.1) is 10.7 Å². The van der Waals surface area contributed by atoms with E-state index in [1.54, 1.807) is 0 Å². The first-order chi connectivity index (χ1) is 12.5. The van der Waals surface area contributed by atoms with Crippen LogP contribution in [0.25, 0.3) is 0 Å². The summed E-state index contributed by atoms with van der Waals surface area (Å²) >= 11 is 1.47. The van der Waals surface area contributed by atoms with Crippen LogP contribution in [0, 0.1) is 6.92 Å². The summed E-state index contributed by atoms with van der Waals surface area (Å²) in [6.07, 6.45) is 0.748. The number of benzene rings is 2. The van der Waals surface area contributed by atoms with E-state index in [-0.39, 0.29) is 5.91 Å². The lowest BCUT2D eigenvalue weighted by atomic mass is 10.2. The first-order valence-electron chi connectivity index (χ1n) is 8.56. The topological polar surface area (TPSA) is 45.2 Å². The van der Waals surface area contributed by atoms with Gasteiger partial charge in [0.15, 0.2) is 0 Å². The van der Waals surface area contributed by atoms with Gasteiger partial charge in [-0.15, -0.1) is 11.3 Å². The van der Waals surface area contributed by atoms with Gasteiger partial charge >= 0.3 is 0 Å². The van der Waals surface area contributed by atoms with Crippen LogP contribution in [0.15, 0.2) is 54.6 Å². The van der Waals surface area contributed by atoms with E-state index in [1.807, 2.05) is 57.4 Å². The Morgan fingerprint density at radius 3 is 2.54 bits per heavy atom. The molecule has 1 heterocycles. The number of anilines is 1. The predicted molar refractivity (Wildman–Crippen MR) is 108 cm³/mol. The quantitative estimate of drug-likeness (QED) is 0.706. The van der Waals surface area contributed by atoms with Crippen LogP contribution in [0.5, 0.6) is 0 Å². The van der Waals surface area contributed by atoms with Gasteiger partial charge in [-0.1, -0.05) is 42.5 Å². The second kappa shape index (κ2) is 8.25. The monoisotopic (exact) mass is 365 g/mol. The highest BCUT2D eigenvalue weighted by Crippen LogP contribution is 2.22. The Morgan fingerprint density at radius 2 is 1.81 bits per heavy atom. The smallest absolute Gasteiger partial charge is 0.267 e. The van der Waals surface area contributed by atoms with Gasteiger partial charge in [0.1, 0.15) is 4.88 Å². The van der Waals surface area contributed by atoms with Crippen molar-refractivity contribution in [3.8, 4) is 0 Å². The number of nitrogens with one attached hydrogen (secondary N) is 1. The van der Waals surface area contributed by atoms with Crippen LogP contribution in [-0.2, 0) is 13.0 Å². The number of hydrogen-bond acceptors (Lipinski definition) is 4. The Morgan fingerprint density at radius 1 is 1.08 bits per heavy atom. The van der Waals surface area contributed by atoms with E-state index in [2.05, 4.69) is 33.4 Å². The molecule has 0 aliphatic carbocycles. The third kappa shape index (κ3) is 4.77.